The van der Waals surface area contributed by atoms with E-state index in [2.05, 4.69) is 57.3 Å². The van der Waals surface area contributed by atoms with Crippen LogP contribution < -0.4 is 4.74 Å². The van der Waals surface area contributed by atoms with Crippen LogP contribution in [0.2, 0.25) is 0 Å². The van der Waals surface area contributed by atoms with Gasteiger partial charge in [0.2, 0.25) is 0 Å². The van der Waals surface area contributed by atoms with E-state index in [1.54, 1.807) is 26.8 Å². The molecule has 1 saturated carbocycles. The number of aliphatic hydroxyl groups excluding tert-OH is 2. The number of esters is 2. The molecule has 1 aliphatic carbocycles. The molecule has 0 amide bonds. The first kappa shape index (κ1) is 43.5. The molecule has 0 unspecified atom stereocenters. The second-order valence-corrected chi connectivity index (χ2v) is 15.8. The van der Waals surface area contributed by atoms with Crippen LogP contribution in [-0.2, 0) is 38.3 Å². The van der Waals surface area contributed by atoms with Gasteiger partial charge >= 0.3 is 11.9 Å². The number of carbonyl (C=O) groups is 2. The third kappa shape index (κ3) is 12.1. The summed E-state index contributed by atoms with van der Waals surface area (Å²) in [6.45, 7) is 17.1. The van der Waals surface area contributed by atoms with Crippen LogP contribution in [0.1, 0.15) is 108 Å². The molecule has 298 valence electrons. The molecule has 0 aromatic heterocycles. The van der Waals surface area contributed by atoms with Crippen molar-refractivity contribution in [3.8, 4) is 28.0 Å². The molecule has 55 heavy (non-hydrogen) atoms. The fraction of sp³-hybridized carbons (Fsp3) is 0.489. The van der Waals surface area contributed by atoms with Gasteiger partial charge in [-0.15, -0.1) is 0 Å². The van der Waals surface area contributed by atoms with Crippen LogP contribution in [-0.4, -0.2) is 55.2 Å². The molecule has 0 atom stereocenters. The second kappa shape index (κ2) is 20.6. The molecule has 3 aromatic rings. The molecule has 1 aliphatic rings. The Morgan fingerprint density at radius 2 is 1.33 bits per heavy atom. The third-order valence-corrected chi connectivity index (χ3v) is 10.9. The molecule has 7 nitrogen and oxygen atoms in total. The Morgan fingerprint density at radius 3 is 1.84 bits per heavy atom. The summed E-state index contributed by atoms with van der Waals surface area (Å²) >= 11 is 0. The molecular formula is C47H61FO7. The van der Waals surface area contributed by atoms with Crippen molar-refractivity contribution in [1.82, 2.24) is 0 Å². The SMILES string of the molecule is C=C(C)C(=O)OCCCc1cc(-c2ccc(-c3ccc(C4CCC(C)CC4)cc3F)cc2CC)cc(CCCOC(=O)C(=C)C)c1OCCC(C)(CO)CO. The zero-order valence-corrected chi connectivity index (χ0v) is 33.6. The predicted molar refractivity (Wildman–Crippen MR) is 218 cm³/mol. The van der Waals surface area contributed by atoms with Gasteiger partial charge in [-0.3, -0.25) is 0 Å². The van der Waals surface area contributed by atoms with Gasteiger partial charge in [0.15, 0.2) is 0 Å². The fourth-order valence-electron chi connectivity index (χ4n) is 7.12. The highest BCUT2D eigenvalue weighted by molar-refractivity contribution is 5.87. The van der Waals surface area contributed by atoms with E-state index in [-0.39, 0.29) is 38.9 Å². The van der Waals surface area contributed by atoms with Gasteiger partial charge in [0.05, 0.1) is 33.0 Å². The smallest absolute Gasteiger partial charge is 0.333 e. The van der Waals surface area contributed by atoms with E-state index in [1.807, 2.05) is 12.1 Å². The van der Waals surface area contributed by atoms with Crippen LogP contribution in [0.3, 0.4) is 0 Å². The summed E-state index contributed by atoms with van der Waals surface area (Å²) in [4.78, 5) is 24.2. The summed E-state index contributed by atoms with van der Waals surface area (Å²) in [7, 11) is 0. The predicted octanol–water partition coefficient (Wildman–Crippen LogP) is 9.88. The minimum Gasteiger partial charge on any atom is -0.493 e. The van der Waals surface area contributed by atoms with Crippen LogP contribution in [0.5, 0.6) is 5.75 Å². The Labute approximate surface area is 327 Å². The highest BCUT2D eigenvalue weighted by atomic mass is 19.1. The molecule has 0 radical (unpaired) electrons. The molecule has 0 spiro atoms. The third-order valence-electron chi connectivity index (χ3n) is 10.9. The molecule has 0 bridgehead atoms. The monoisotopic (exact) mass is 756 g/mol. The van der Waals surface area contributed by atoms with Crippen LogP contribution in [0.4, 0.5) is 4.39 Å². The summed E-state index contributed by atoms with van der Waals surface area (Å²) < 4.78 is 33.1. The summed E-state index contributed by atoms with van der Waals surface area (Å²) in [6.07, 6.45) is 7.87. The number of aliphatic hydroxyl groups is 2. The average molecular weight is 757 g/mol. The molecule has 3 aromatic carbocycles. The standard InChI is InChI=1S/C47H61FO7/c1-8-34-25-37(42-20-17-36(28-43(42)48)35-15-13-33(6)14-16-35)18-19-41(34)40-26-38(11-9-22-54-45(51)31(2)3)44(53-24-21-47(7,29-49)30-50)39(27-40)12-10-23-55-46(52)32(4)5/h17-20,25-28,33,35,49-50H,2,4,8-16,21-24,29-30H2,1,3,5-7H3. The van der Waals surface area contributed by atoms with Gasteiger partial charge in [0, 0.05) is 22.1 Å². The van der Waals surface area contributed by atoms with Crippen LogP contribution >= 0.6 is 0 Å². The number of halogens is 1. The van der Waals surface area contributed by atoms with E-state index in [1.165, 1.54) is 12.8 Å². The van der Waals surface area contributed by atoms with E-state index in [9.17, 15) is 19.8 Å². The number of carbonyl (C=O) groups excluding carboxylic acids is 2. The summed E-state index contributed by atoms with van der Waals surface area (Å²) in [5.41, 5.74) is 7.35. The van der Waals surface area contributed by atoms with Gasteiger partial charge in [-0.2, -0.15) is 0 Å². The van der Waals surface area contributed by atoms with Gasteiger partial charge in [-0.25, -0.2) is 14.0 Å². The van der Waals surface area contributed by atoms with Gasteiger partial charge in [0.1, 0.15) is 11.6 Å². The second-order valence-electron chi connectivity index (χ2n) is 15.8. The summed E-state index contributed by atoms with van der Waals surface area (Å²) in [5.74, 6) is 0.752. The minimum absolute atomic E-state index is 0.183. The van der Waals surface area contributed by atoms with Crippen molar-refractivity contribution in [2.75, 3.05) is 33.0 Å². The van der Waals surface area contributed by atoms with E-state index >= 15 is 4.39 Å². The van der Waals surface area contributed by atoms with Crippen molar-refractivity contribution in [2.24, 2.45) is 11.3 Å². The number of hydrogen-bond acceptors (Lipinski definition) is 7. The van der Waals surface area contributed by atoms with Gasteiger partial charge in [-0.05, 0) is 134 Å². The quantitative estimate of drug-likeness (QED) is 0.0673. The Bertz CT molecular complexity index is 1740. The Morgan fingerprint density at radius 1 is 0.782 bits per heavy atom. The molecule has 0 heterocycles. The topological polar surface area (TPSA) is 102 Å². The lowest BCUT2D eigenvalue weighted by atomic mass is 9.79. The van der Waals surface area contributed by atoms with E-state index in [4.69, 9.17) is 14.2 Å². The molecule has 0 aliphatic heterocycles. The van der Waals surface area contributed by atoms with Crippen molar-refractivity contribution < 1.29 is 38.4 Å². The maximum Gasteiger partial charge on any atom is 0.333 e. The first-order chi connectivity index (χ1) is 26.3. The maximum absolute atomic E-state index is 15.8. The fourth-order valence-corrected chi connectivity index (χ4v) is 7.12. The largest absolute Gasteiger partial charge is 0.493 e. The van der Waals surface area contributed by atoms with Crippen molar-refractivity contribution >= 4 is 11.9 Å². The van der Waals surface area contributed by atoms with Crippen LogP contribution in [0.15, 0.2) is 72.8 Å². The molecule has 1 fully saturated rings. The highest BCUT2D eigenvalue weighted by Gasteiger charge is 2.24. The minimum atomic E-state index is -0.708. The Kier molecular flexibility index (Phi) is 16.3. The first-order valence-electron chi connectivity index (χ1n) is 19.9. The highest BCUT2D eigenvalue weighted by Crippen LogP contribution is 2.39. The lowest BCUT2D eigenvalue weighted by molar-refractivity contribution is -0.139. The number of aryl methyl sites for hydroxylation is 3. The molecule has 0 saturated heterocycles. The van der Waals surface area contributed by atoms with Crippen LogP contribution in [0.25, 0.3) is 22.3 Å². The molecule has 8 heteroatoms. The van der Waals surface area contributed by atoms with Crippen molar-refractivity contribution in [2.45, 2.75) is 105 Å². The number of benzene rings is 3. The Hall–Kier alpha value is -4.27. The van der Waals surface area contributed by atoms with E-state index < -0.39 is 17.4 Å². The number of ether oxygens (including phenoxy) is 3. The van der Waals surface area contributed by atoms with Gasteiger partial charge in [-0.1, -0.05) is 77.1 Å². The first-order valence-corrected chi connectivity index (χ1v) is 19.9. The van der Waals surface area contributed by atoms with Crippen molar-refractivity contribution in [1.29, 1.82) is 0 Å². The van der Waals surface area contributed by atoms with Gasteiger partial charge in [0.25, 0.3) is 0 Å². The van der Waals surface area contributed by atoms with Gasteiger partial charge < -0.3 is 24.4 Å². The normalized spacial score (nSPS) is 15.7. The Balaban J connectivity index is 1.71. The average Bonchev–Trinajstić information content (AvgIpc) is 3.18. The summed E-state index contributed by atoms with van der Waals surface area (Å²) in [5, 5.41) is 19.8. The number of rotatable bonds is 20. The molecular weight excluding hydrogens is 696 g/mol. The van der Waals surface area contributed by atoms with Crippen molar-refractivity contribution in [3.63, 3.8) is 0 Å². The summed E-state index contributed by atoms with van der Waals surface area (Å²) in [6, 6.07) is 16.1. The zero-order chi connectivity index (χ0) is 40.1. The lowest BCUT2D eigenvalue weighted by Crippen LogP contribution is -2.28. The maximum atomic E-state index is 15.8. The zero-order valence-electron chi connectivity index (χ0n) is 33.6. The van der Waals surface area contributed by atoms with Crippen molar-refractivity contribution in [3.05, 3.63) is 101 Å². The van der Waals surface area contributed by atoms with E-state index in [0.29, 0.717) is 60.5 Å². The van der Waals surface area contributed by atoms with E-state index in [0.717, 1.165) is 64.1 Å². The lowest BCUT2D eigenvalue weighted by Gasteiger charge is -2.26. The molecule has 4 rings (SSSR count). The number of hydrogen-bond donors (Lipinski definition) is 2. The molecule has 2 N–H and O–H groups in total. The van der Waals surface area contributed by atoms with Crippen LogP contribution in [0, 0.1) is 17.2 Å².